The monoisotopic (exact) mass is 284 g/mol. The van der Waals surface area contributed by atoms with Crippen LogP contribution >= 0.6 is 0 Å². The Kier molecular flexibility index (Phi) is 5.79. The van der Waals surface area contributed by atoms with Gasteiger partial charge in [0.05, 0.1) is 19.4 Å². The van der Waals surface area contributed by atoms with Crippen molar-refractivity contribution in [1.82, 2.24) is 0 Å². The van der Waals surface area contributed by atoms with E-state index in [-0.39, 0.29) is 0 Å². The molecule has 0 heterocycles. The van der Waals surface area contributed by atoms with Gasteiger partial charge in [-0.25, -0.2) is 0 Å². The summed E-state index contributed by atoms with van der Waals surface area (Å²) in [6, 6.07) is 15.6. The molecular weight excluding hydrogens is 267 g/mol. The molecule has 0 bridgehead atoms. The minimum Gasteiger partial charge on any atom is -0.372 e. The average molecular weight is 284 g/mol. The summed E-state index contributed by atoms with van der Waals surface area (Å²) in [4.78, 5) is 3.97. The third-order valence-corrected chi connectivity index (χ3v) is 2.89. The summed E-state index contributed by atoms with van der Waals surface area (Å²) in [6.07, 6.45) is 2.89. The second-order valence-electron chi connectivity index (χ2n) is 4.60. The highest BCUT2D eigenvalue weighted by Gasteiger charge is 2.00. The number of hydrogen-bond donors (Lipinski definition) is 0. The lowest BCUT2D eigenvalue weighted by Gasteiger charge is -2.07. The first-order chi connectivity index (χ1) is 10.3. The normalized spacial score (nSPS) is 11.5. The van der Waals surface area contributed by atoms with Crippen LogP contribution in [0.5, 0.6) is 0 Å². The number of nitrogens with zero attached hydrogens (tertiary/aromatic N) is 2. The molecule has 0 aliphatic rings. The molecule has 2 aromatic rings. The van der Waals surface area contributed by atoms with E-state index in [2.05, 4.69) is 10.2 Å². The van der Waals surface area contributed by atoms with Crippen molar-refractivity contribution in [2.45, 2.75) is 13.2 Å². The number of benzene rings is 2. The summed E-state index contributed by atoms with van der Waals surface area (Å²) in [6.45, 7) is 0.993. The Bertz CT molecular complexity index is 594. The predicted octanol–water partition coefficient (Wildman–Crippen LogP) is 3.76. The fraction of sp³-hybridized carbons (Fsp3) is 0.176. The standard InChI is InChI=1S/C17H17FN2O/c1-19-10-15-7-16(11-20-18)9-17(8-15)13-21-12-14-5-3-2-4-6-14/h2-11H,12-13H2,1H3/b19-10?,20-11+. The zero-order valence-electron chi connectivity index (χ0n) is 11.9. The summed E-state index contributed by atoms with van der Waals surface area (Å²) < 4.78 is 17.8. The lowest BCUT2D eigenvalue weighted by atomic mass is 10.1. The van der Waals surface area contributed by atoms with E-state index in [1.165, 1.54) is 6.21 Å². The fourth-order valence-electron chi connectivity index (χ4n) is 2.04. The van der Waals surface area contributed by atoms with Gasteiger partial charge in [-0.1, -0.05) is 40.0 Å². The zero-order chi connectivity index (χ0) is 14.9. The van der Waals surface area contributed by atoms with Gasteiger partial charge in [0.15, 0.2) is 0 Å². The van der Waals surface area contributed by atoms with Crippen LogP contribution in [-0.4, -0.2) is 19.5 Å². The van der Waals surface area contributed by atoms with Crippen molar-refractivity contribution in [1.29, 1.82) is 0 Å². The van der Waals surface area contributed by atoms with E-state index in [0.717, 1.165) is 16.7 Å². The van der Waals surface area contributed by atoms with Gasteiger partial charge in [0.1, 0.15) is 0 Å². The summed E-state index contributed by atoms with van der Waals surface area (Å²) in [5, 5.41) is 2.57. The molecule has 0 aromatic heterocycles. The first-order valence-electron chi connectivity index (χ1n) is 6.64. The molecule has 0 amide bonds. The van der Waals surface area contributed by atoms with Crippen molar-refractivity contribution in [2.24, 2.45) is 10.2 Å². The smallest absolute Gasteiger partial charge is 0.0721 e. The van der Waals surface area contributed by atoms with Crippen LogP contribution in [0.25, 0.3) is 0 Å². The van der Waals surface area contributed by atoms with Gasteiger partial charge in [-0.2, -0.15) is 0 Å². The van der Waals surface area contributed by atoms with Gasteiger partial charge in [0.2, 0.25) is 0 Å². The van der Waals surface area contributed by atoms with Gasteiger partial charge < -0.3 is 4.74 Å². The van der Waals surface area contributed by atoms with Gasteiger partial charge >= 0.3 is 0 Å². The van der Waals surface area contributed by atoms with E-state index in [1.54, 1.807) is 13.3 Å². The SMILES string of the molecule is CN=Cc1cc(/C=N/F)cc(COCc2ccccc2)c1. The van der Waals surface area contributed by atoms with Crippen LogP contribution < -0.4 is 0 Å². The molecule has 108 valence electrons. The molecule has 0 unspecified atom stereocenters. The molecular formula is C17H17FN2O. The average Bonchev–Trinajstić information content (AvgIpc) is 2.49. The van der Waals surface area contributed by atoms with Gasteiger partial charge in [-0.05, 0) is 40.5 Å². The van der Waals surface area contributed by atoms with Crippen molar-refractivity contribution < 1.29 is 9.22 Å². The molecule has 2 rings (SSSR count). The summed E-state index contributed by atoms with van der Waals surface area (Å²) in [7, 11) is 1.70. The van der Waals surface area contributed by atoms with E-state index in [9.17, 15) is 4.48 Å². The van der Waals surface area contributed by atoms with E-state index in [1.807, 2.05) is 48.5 Å². The molecule has 0 saturated carbocycles. The lowest BCUT2D eigenvalue weighted by molar-refractivity contribution is 0.107. The summed E-state index contributed by atoms with van der Waals surface area (Å²) in [5.41, 5.74) is 3.66. The quantitative estimate of drug-likeness (QED) is 0.744. The highest BCUT2D eigenvalue weighted by molar-refractivity contribution is 5.86. The van der Waals surface area contributed by atoms with Crippen LogP contribution in [0.2, 0.25) is 0 Å². The Balaban J connectivity index is 2.04. The molecule has 2 aromatic carbocycles. The molecule has 0 atom stereocenters. The maximum atomic E-state index is 12.1. The van der Waals surface area contributed by atoms with Crippen LogP contribution in [-0.2, 0) is 18.0 Å². The molecule has 3 nitrogen and oxygen atoms in total. The Hall–Kier alpha value is -2.33. The number of rotatable bonds is 6. The first kappa shape index (κ1) is 15.1. The van der Waals surface area contributed by atoms with Crippen molar-refractivity contribution in [3.8, 4) is 0 Å². The zero-order valence-corrected chi connectivity index (χ0v) is 11.9. The minimum atomic E-state index is 0.452. The highest BCUT2D eigenvalue weighted by Crippen LogP contribution is 2.11. The van der Waals surface area contributed by atoms with Crippen LogP contribution in [0.15, 0.2) is 58.7 Å². The Labute approximate surface area is 123 Å². The predicted molar refractivity (Wildman–Crippen MR) is 83.6 cm³/mol. The molecule has 0 radical (unpaired) electrons. The number of ether oxygens (including phenoxy) is 1. The topological polar surface area (TPSA) is 34.0 Å². The van der Waals surface area contributed by atoms with Gasteiger partial charge in [-0.15, -0.1) is 0 Å². The second-order valence-corrected chi connectivity index (χ2v) is 4.60. The maximum Gasteiger partial charge on any atom is 0.0721 e. The summed E-state index contributed by atoms with van der Waals surface area (Å²) >= 11 is 0. The minimum absolute atomic E-state index is 0.452. The third kappa shape index (κ3) is 4.93. The van der Waals surface area contributed by atoms with Crippen LogP contribution in [0.3, 0.4) is 0 Å². The van der Waals surface area contributed by atoms with E-state index < -0.39 is 0 Å². The van der Waals surface area contributed by atoms with Crippen molar-refractivity contribution in [3.05, 3.63) is 70.8 Å². The number of halogens is 1. The largest absolute Gasteiger partial charge is 0.372 e. The molecule has 0 aliphatic heterocycles. The molecule has 0 fully saturated rings. The van der Waals surface area contributed by atoms with Gasteiger partial charge in [-0.3, -0.25) is 4.99 Å². The van der Waals surface area contributed by atoms with Crippen molar-refractivity contribution >= 4 is 12.4 Å². The molecule has 0 N–H and O–H groups in total. The van der Waals surface area contributed by atoms with Crippen molar-refractivity contribution in [2.75, 3.05) is 7.05 Å². The lowest BCUT2D eigenvalue weighted by Crippen LogP contribution is -1.97. The highest BCUT2D eigenvalue weighted by atomic mass is 19.2. The van der Waals surface area contributed by atoms with E-state index >= 15 is 0 Å². The Morgan fingerprint density at radius 3 is 2.29 bits per heavy atom. The van der Waals surface area contributed by atoms with Crippen molar-refractivity contribution in [3.63, 3.8) is 0 Å². The van der Waals surface area contributed by atoms with E-state index in [4.69, 9.17) is 4.74 Å². The Morgan fingerprint density at radius 2 is 1.62 bits per heavy atom. The fourth-order valence-corrected chi connectivity index (χ4v) is 2.04. The first-order valence-corrected chi connectivity index (χ1v) is 6.64. The number of aliphatic imine (C=N–C) groups is 1. The molecule has 4 heteroatoms. The Morgan fingerprint density at radius 1 is 0.952 bits per heavy atom. The molecule has 21 heavy (non-hydrogen) atoms. The molecule has 0 spiro atoms. The van der Waals surface area contributed by atoms with E-state index in [0.29, 0.717) is 18.8 Å². The maximum absolute atomic E-state index is 12.1. The third-order valence-electron chi connectivity index (χ3n) is 2.89. The van der Waals surface area contributed by atoms with Crippen LogP contribution in [0, 0.1) is 0 Å². The van der Waals surface area contributed by atoms with Gasteiger partial charge in [0, 0.05) is 13.3 Å². The van der Waals surface area contributed by atoms with Crippen LogP contribution in [0.4, 0.5) is 4.48 Å². The molecule has 0 saturated heterocycles. The van der Waals surface area contributed by atoms with Gasteiger partial charge in [0.25, 0.3) is 0 Å². The number of hydrogen-bond acceptors (Lipinski definition) is 3. The second kappa shape index (κ2) is 8.07. The van der Waals surface area contributed by atoms with Crippen LogP contribution in [0.1, 0.15) is 22.3 Å². The summed E-state index contributed by atoms with van der Waals surface area (Å²) in [5.74, 6) is 0. The molecule has 0 aliphatic carbocycles.